The predicted octanol–water partition coefficient (Wildman–Crippen LogP) is 1.10. The molecule has 2 aromatic rings. The first kappa shape index (κ1) is 12.2. The minimum Gasteiger partial charge on any atom is -0.508 e. The van der Waals surface area contributed by atoms with Gasteiger partial charge in [-0.2, -0.15) is 0 Å². The maximum atomic E-state index is 11.7. The fourth-order valence-corrected chi connectivity index (χ4v) is 1.64. The zero-order valence-corrected chi connectivity index (χ0v) is 10.1. The number of rotatable bonds is 4. The van der Waals surface area contributed by atoms with E-state index in [4.69, 9.17) is 5.11 Å². The Bertz CT molecular complexity index is 531. The number of benzene rings is 1. The number of hydrogen-bond donors (Lipinski definition) is 2. The Hall–Kier alpha value is -2.30. The molecule has 0 atom stereocenters. The predicted molar refractivity (Wildman–Crippen MR) is 67.4 cm³/mol. The molecule has 0 unspecified atom stereocenters. The Morgan fingerprint density at radius 2 is 2.11 bits per heavy atom. The van der Waals surface area contributed by atoms with Crippen LogP contribution in [0.4, 0.5) is 0 Å². The third-order valence-corrected chi connectivity index (χ3v) is 2.68. The number of aryl methyl sites for hydroxylation is 1. The molecule has 1 heterocycles. The molecular weight excluding hydrogens is 230 g/mol. The third-order valence-electron chi connectivity index (χ3n) is 2.68. The van der Waals surface area contributed by atoms with Crippen LogP contribution in [0.3, 0.4) is 0 Å². The molecule has 0 saturated carbocycles. The van der Waals surface area contributed by atoms with Gasteiger partial charge in [-0.05, 0) is 24.3 Å². The van der Waals surface area contributed by atoms with E-state index < -0.39 is 0 Å². The number of nitrogens with one attached hydrogen (secondary N) is 1. The summed E-state index contributed by atoms with van der Waals surface area (Å²) in [6.07, 6.45) is 4.29. The van der Waals surface area contributed by atoms with Gasteiger partial charge in [0.1, 0.15) is 11.6 Å². The molecule has 2 N–H and O–H groups in total. The molecule has 0 saturated heterocycles. The van der Waals surface area contributed by atoms with E-state index in [9.17, 15) is 4.79 Å². The molecular formula is C13H15N3O2. The van der Waals surface area contributed by atoms with Crippen LogP contribution in [0.5, 0.6) is 5.75 Å². The van der Waals surface area contributed by atoms with Gasteiger partial charge >= 0.3 is 0 Å². The number of aromatic hydroxyl groups is 1. The Kier molecular flexibility index (Phi) is 3.62. The highest BCUT2D eigenvalue weighted by molar-refractivity contribution is 5.94. The van der Waals surface area contributed by atoms with Crippen molar-refractivity contribution in [2.24, 2.45) is 7.05 Å². The molecule has 0 spiro atoms. The van der Waals surface area contributed by atoms with Crippen LogP contribution < -0.4 is 5.32 Å². The lowest BCUT2D eigenvalue weighted by Crippen LogP contribution is -2.26. The van der Waals surface area contributed by atoms with E-state index >= 15 is 0 Å². The van der Waals surface area contributed by atoms with Crippen molar-refractivity contribution in [3.63, 3.8) is 0 Å². The summed E-state index contributed by atoms with van der Waals surface area (Å²) >= 11 is 0. The van der Waals surface area contributed by atoms with Crippen LogP contribution >= 0.6 is 0 Å². The van der Waals surface area contributed by atoms with Crippen LogP contribution in [0.25, 0.3) is 0 Å². The lowest BCUT2D eigenvalue weighted by molar-refractivity contribution is 0.0954. The number of imidazole rings is 1. The molecule has 0 aliphatic rings. The summed E-state index contributed by atoms with van der Waals surface area (Å²) in [7, 11) is 1.92. The first-order valence-electron chi connectivity index (χ1n) is 5.70. The van der Waals surface area contributed by atoms with Crippen molar-refractivity contribution in [2.75, 3.05) is 6.54 Å². The van der Waals surface area contributed by atoms with Gasteiger partial charge in [-0.25, -0.2) is 4.98 Å². The van der Waals surface area contributed by atoms with Crippen molar-refractivity contribution in [2.45, 2.75) is 6.42 Å². The van der Waals surface area contributed by atoms with E-state index in [0.29, 0.717) is 18.5 Å². The van der Waals surface area contributed by atoms with E-state index in [2.05, 4.69) is 10.3 Å². The standard InChI is InChI=1S/C13H15N3O2/c1-16-9-8-14-12(16)6-7-15-13(18)10-2-4-11(17)5-3-10/h2-5,8-9,17H,6-7H2,1H3,(H,15,18). The molecule has 0 fully saturated rings. The van der Waals surface area contributed by atoms with E-state index in [1.165, 1.54) is 12.1 Å². The van der Waals surface area contributed by atoms with Crippen molar-refractivity contribution in [3.8, 4) is 5.75 Å². The van der Waals surface area contributed by atoms with Gasteiger partial charge < -0.3 is 15.0 Å². The number of phenolic OH excluding ortho intramolecular Hbond substituents is 1. The molecule has 1 aromatic heterocycles. The number of aromatic nitrogens is 2. The second kappa shape index (κ2) is 5.35. The third kappa shape index (κ3) is 2.88. The van der Waals surface area contributed by atoms with Crippen molar-refractivity contribution in [3.05, 3.63) is 48.0 Å². The Balaban J connectivity index is 1.85. The molecule has 94 valence electrons. The quantitative estimate of drug-likeness (QED) is 0.847. The van der Waals surface area contributed by atoms with Gasteiger partial charge in [0.15, 0.2) is 0 Å². The molecule has 0 radical (unpaired) electrons. The second-order valence-electron chi connectivity index (χ2n) is 4.01. The monoisotopic (exact) mass is 245 g/mol. The van der Waals surface area contributed by atoms with Gasteiger partial charge in [-0.15, -0.1) is 0 Å². The fourth-order valence-electron chi connectivity index (χ4n) is 1.64. The van der Waals surface area contributed by atoms with Crippen LogP contribution in [0.1, 0.15) is 16.2 Å². The van der Waals surface area contributed by atoms with Gasteiger partial charge in [-0.1, -0.05) is 0 Å². The Labute approximate surface area is 105 Å². The summed E-state index contributed by atoms with van der Waals surface area (Å²) < 4.78 is 1.92. The molecule has 0 aliphatic carbocycles. The van der Waals surface area contributed by atoms with Gasteiger partial charge in [0, 0.05) is 38.0 Å². The smallest absolute Gasteiger partial charge is 0.251 e. The minimum absolute atomic E-state index is 0.149. The summed E-state index contributed by atoms with van der Waals surface area (Å²) in [5.74, 6) is 0.935. The van der Waals surface area contributed by atoms with E-state index in [0.717, 1.165) is 5.82 Å². The van der Waals surface area contributed by atoms with Crippen LogP contribution in [-0.2, 0) is 13.5 Å². The van der Waals surface area contributed by atoms with Gasteiger partial charge in [-0.3, -0.25) is 4.79 Å². The van der Waals surface area contributed by atoms with Crippen LogP contribution in [0.2, 0.25) is 0 Å². The molecule has 5 nitrogen and oxygen atoms in total. The highest BCUT2D eigenvalue weighted by Crippen LogP contribution is 2.09. The average Bonchev–Trinajstić information content (AvgIpc) is 2.76. The largest absolute Gasteiger partial charge is 0.508 e. The summed E-state index contributed by atoms with van der Waals surface area (Å²) in [6.45, 7) is 0.532. The first-order valence-corrected chi connectivity index (χ1v) is 5.70. The summed E-state index contributed by atoms with van der Waals surface area (Å²) in [5.41, 5.74) is 0.535. The lowest BCUT2D eigenvalue weighted by atomic mass is 10.2. The second-order valence-corrected chi connectivity index (χ2v) is 4.01. The highest BCUT2D eigenvalue weighted by atomic mass is 16.3. The zero-order chi connectivity index (χ0) is 13.0. The molecule has 1 aromatic carbocycles. The zero-order valence-electron chi connectivity index (χ0n) is 10.1. The van der Waals surface area contributed by atoms with Crippen LogP contribution in [-0.4, -0.2) is 27.1 Å². The normalized spacial score (nSPS) is 10.3. The van der Waals surface area contributed by atoms with E-state index in [1.54, 1.807) is 18.3 Å². The Morgan fingerprint density at radius 1 is 1.39 bits per heavy atom. The number of phenols is 1. The lowest BCUT2D eigenvalue weighted by Gasteiger charge is -2.05. The SMILES string of the molecule is Cn1ccnc1CCNC(=O)c1ccc(O)cc1. The number of carbonyl (C=O) groups excluding carboxylic acids is 1. The minimum atomic E-state index is -0.149. The molecule has 0 bridgehead atoms. The van der Waals surface area contributed by atoms with Crippen molar-refractivity contribution < 1.29 is 9.90 Å². The maximum Gasteiger partial charge on any atom is 0.251 e. The number of hydrogen-bond acceptors (Lipinski definition) is 3. The van der Waals surface area contributed by atoms with Crippen molar-refractivity contribution >= 4 is 5.91 Å². The molecule has 2 rings (SSSR count). The van der Waals surface area contributed by atoms with Gasteiger partial charge in [0.05, 0.1) is 0 Å². The topological polar surface area (TPSA) is 67.2 Å². The maximum absolute atomic E-state index is 11.7. The molecule has 1 amide bonds. The summed E-state index contributed by atoms with van der Waals surface area (Å²) in [6, 6.07) is 6.16. The van der Waals surface area contributed by atoms with E-state index in [1.807, 2.05) is 17.8 Å². The van der Waals surface area contributed by atoms with Crippen molar-refractivity contribution in [1.29, 1.82) is 0 Å². The number of nitrogens with zero attached hydrogens (tertiary/aromatic N) is 2. The fraction of sp³-hybridized carbons (Fsp3) is 0.231. The Morgan fingerprint density at radius 3 is 2.72 bits per heavy atom. The molecule has 5 heteroatoms. The van der Waals surface area contributed by atoms with Gasteiger partial charge in [0.25, 0.3) is 5.91 Å². The number of carbonyl (C=O) groups is 1. The van der Waals surface area contributed by atoms with Crippen molar-refractivity contribution in [1.82, 2.24) is 14.9 Å². The van der Waals surface area contributed by atoms with Crippen LogP contribution in [0, 0.1) is 0 Å². The average molecular weight is 245 g/mol. The highest BCUT2D eigenvalue weighted by Gasteiger charge is 2.05. The van der Waals surface area contributed by atoms with Gasteiger partial charge in [0.2, 0.25) is 0 Å². The first-order chi connectivity index (χ1) is 8.66. The van der Waals surface area contributed by atoms with Crippen LogP contribution in [0.15, 0.2) is 36.7 Å². The van der Waals surface area contributed by atoms with E-state index in [-0.39, 0.29) is 11.7 Å². The number of amides is 1. The summed E-state index contributed by atoms with van der Waals surface area (Å²) in [5, 5.41) is 11.9. The molecule has 0 aliphatic heterocycles. The summed E-state index contributed by atoms with van der Waals surface area (Å²) in [4.78, 5) is 15.9. The molecule has 18 heavy (non-hydrogen) atoms.